The summed E-state index contributed by atoms with van der Waals surface area (Å²) in [5, 5.41) is 0. The molecule has 0 N–H and O–H groups in total. The van der Waals surface area contributed by atoms with Crippen LogP contribution in [0.1, 0.15) is 48.2 Å². The van der Waals surface area contributed by atoms with Crippen LogP contribution in [0.15, 0.2) is 91.0 Å². The van der Waals surface area contributed by atoms with Crippen LogP contribution >= 0.6 is 0 Å². The molecule has 8 heteroatoms. The molecule has 8 atom stereocenters. The zero-order chi connectivity index (χ0) is 29.3. The topological polar surface area (TPSA) is 81.7 Å². The molecule has 2 saturated heterocycles. The maximum absolute atomic E-state index is 13.0. The zero-order valence-corrected chi connectivity index (χ0v) is 24.4. The Morgan fingerprint density at radius 2 is 1.21 bits per heavy atom. The number of esters is 1. The molecular formula is C34H40O8. The molecule has 3 aromatic carbocycles. The first-order chi connectivity index (χ1) is 20.5. The van der Waals surface area contributed by atoms with E-state index in [0.717, 1.165) is 11.1 Å². The Morgan fingerprint density at radius 3 is 1.83 bits per heavy atom. The van der Waals surface area contributed by atoms with Gasteiger partial charge in [-0.05, 0) is 37.1 Å². The first-order valence-electron chi connectivity index (χ1n) is 14.6. The van der Waals surface area contributed by atoms with Crippen molar-refractivity contribution >= 4 is 5.97 Å². The van der Waals surface area contributed by atoms with Crippen molar-refractivity contribution in [3.05, 3.63) is 108 Å². The molecule has 42 heavy (non-hydrogen) atoms. The summed E-state index contributed by atoms with van der Waals surface area (Å²) in [5.41, 5.74) is 2.62. The summed E-state index contributed by atoms with van der Waals surface area (Å²) in [7, 11) is 1.59. The van der Waals surface area contributed by atoms with E-state index in [0.29, 0.717) is 31.6 Å². The first kappa shape index (κ1) is 30.4. The Morgan fingerprint density at radius 1 is 0.690 bits per heavy atom. The molecular weight excluding hydrogens is 536 g/mol. The summed E-state index contributed by atoms with van der Waals surface area (Å²) in [6, 6.07) is 29.0. The Bertz CT molecular complexity index is 1220. The molecule has 224 valence electrons. The summed E-state index contributed by atoms with van der Waals surface area (Å²) in [6.07, 6.45) is -2.80. The number of carbonyl (C=O) groups is 1. The second-order valence-corrected chi connectivity index (χ2v) is 10.8. The van der Waals surface area contributed by atoms with Crippen molar-refractivity contribution in [3.63, 3.8) is 0 Å². The minimum absolute atomic E-state index is 0.288. The Labute approximate surface area is 247 Å². The lowest BCUT2D eigenvalue weighted by molar-refractivity contribution is -0.310. The number of hydrogen-bond acceptors (Lipinski definition) is 8. The van der Waals surface area contributed by atoms with Gasteiger partial charge in [-0.15, -0.1) is 0 Å². The number of benzene rings is 3. The molecule has 2 fully saturated rings. The van der Waals surface area contributed by atoms with E-state index < -0.39 is 36.9 Å². The fourth-order valence-electron chi connectivity index (χ4n) is 5.45. The third kappa shape index (κ3) is 8.04. The van der Waals surface area contributed by atoms with Crippen molar-refractivity contribution in [1.29, 1.82) is 0 Å². The van der Waals surface area contributed by atoms with Crippen LogP contribution < -0.4 is 0 Å². The number of hydrogen-bond donors (Lipinski definition) is 0. The van der Waals surface area contributed by atoms with Crippen LogP contribution in [0.2, 0.25) is 0 Å². The molecule has 0 saturated carbocycles. The van der Waals surface area contributed by atoms with Gasteiger partial charge < -0.3 is 33.2 Å². The van der Waals surface area contributed by atoms with Gasteiger partial charge in [0, 0.05) is 20.0 Å². The second-order valence-electron chi connectivity index (χ2n) is 10.8. The average Bonchev–Trinajstić information content (AvgIpc) is 3.02. The van der Waals surface area contributed by atoms with Crippen molar-refractivity contribution < 1.29 is 38.0 Å². The largest absolute Gasteiger partial charge is 0.453 e. The summed E-state index contributed by atoms with van der Waals surface area (Å²) in [6.45, 7) is 4.71. The summed E-state index contributed by atoms with van der Waals surface area (Å²) >= 11 is 0. The SMILES string of the molecule is CO[C@@H]1C[C@@H](O[C@H]2C[C@@H](OCc3ccccc3)[C@H](OCc3ccccc3)[C@@H](C)O2)[C@H](OC(=O)c2ccccc2)[C@@H](C)O1. The highest BCUT2D eigenvalue weighted by molar-refractivity contribution is 5.89. The predicted octanol–water partition coefficient (Wildman–Crippen LogP) is 5.68. The minimum atomic E-state index is -0.654. The van der Waals surface area contributed by atoms with Crippen LogP contribution in [0.4, 0.5) is 0 Å². The van der Waals surface area contributed by atoms with Crippen LogP contribution in [-0.2, 0) is 46.4 Å². The van der Waals surface area contributed by atoms with Gasteiger partial charge in [-0.1, -0.05) is 78.9 Å². The maximum Gasteiger partial charge on any atom is 0.338 e. The van der Waals surface area contributed by atoms with Crippen LogP contribution in [0.5, 0.6) is 0 Å². The van der Waals surface area contributed by atoms with Gasteiger partial charge in [0.1, 0.15) is 12.2 Å². The summed E-state index contributed by atoms with van der Waals surface area (Å²) < 4.78 is 43.2. The van der Waals surface area contributed by atoms with Crippen molar-refractivity contribution in [1.82, 2.24) is 0 Å². The number of rotatable bonds is 11. The van der Waals surface area contributed by atoms with Gasteiger partial charge in [-0.25, -0.2) is 4.79 Å². The van der Waals surface area contributed by atoms with Gasteiger partial charge in [-0.3, -0.25) is 0 Å². The van der Waals surface area contributed by atoms with E-state index in [4.69, 9.17) is 33.2 Å². The van der Waals surface area contributed by atoms with E-state index in [9.17, 15) is 4.79 Å². The average molecular weight is 577 g/mol. The standard InChI is InChI=1S/C34H40O8/c1-23-32(38-22-26-15-9-5-10-16-26)28(37-21-25-13-7-4-8-14-25)19-31(40-23)41-29-20-30(36-3)39-24(2)33(29)42-34(35)27-17-11-6-12-18-27/h4-18,23-24,28-33H,19-22H2,1-3H3/t23-,24-,28-,29-,30+,31+,32-,33-/m1/s1. The van der Waals surface area contributed by atoms with E-state index in [-0.39, 0.29) is 18.3 Å². The lowest BCUT2D eigenvalue weighted by atomic mass is 9.99. The van der Waals surface area contributed by atoms with Gasteiger partial charge in [0.25, 0.3) is 0 Å². The molecule has 5 rings (SSSR count). The van der Waals surface area contributed by atoms with Crippen molar-refractivity contribution in [2.24, 2.45) is 0 Å². The van der Waals surface area contributed by atoms with Crippen molar-refractivity contribution in [3.8, 4) is 0 Å². The van der Waals surface area contributed by atoms with Gasteiger partial charge >= 0.3 is 5.97 Å². The fourth-order valence-corrected chi connectivity index (χ4v) is 5.45. The molecule has 0 aliphatic carbocycles. The molecule has 0 bridgehead atoms. The monoisotopic (exact) mass is 576 g/mol. The van der Waals surface area contributed by atoms with E-state index in [1.54, 1.807) is 31.4 Å². The maximum atomic E-state index is 13.0. The molecule has 0 radical (unpaired) electrons. The van der Waals surface area contributed by atoms with Crippen LogP contribution in [0.25, 0.3) is 0 Å². The molecule has 3 aromatic rings. The van der Waals surface area contributed by atoms with E-state index in [2.05, 4.69) is 0 Å². The van der Waals surface area contributed by atoms with Crippen LogP contribution in [0.3, 0.4) is 0 Å². The van der Waals surface area contributed by atoms with E-state index in [1.165, 1.54) is 0 Å². The van der Waals surface area contributed by atoms with Crippen LogP contribution in [-0.4, -0.2) is 62.3 Å². The summed E-state index contributed by atoms with van der Waals surface area (Å²) in [4.78, 5) is 13.0. The number of methoxy groups -OCH3 is 1. The highest BCUT2D eigenvalue weighted by Crippen LogP contribution is 2.32. The minimum Gasteiger partial charge on any atom is -0.453 e. The van der Waals surface area contributed by atoms with Crippen molar-refractivity contribution in [2.45, 2.75) is 89.1 Å². The van der Waals surface area contributed by atoms with Gasteiger partial charge in [-0.2, -0.15) is 0 Å². The third-order valence-electron chi connectivity index (χ3n) is 7.67. The quantitative estimate of drug-likeness (QED) is 0.270. The lowest BCUT2D eigenvalue weighted by Gasteiger charge is -2.44. The van der Waals surface area contributed by atoms with Crippen molar-refractivity contribution in [2.75, 3.05) is 7.11 Å². The van der Waals surface area contributed by atoms with Gasteiger partial charge in [0.15, 0.2) is 18.7 Å². The first-order valence-corrected chi connectivity index (χ1v) is 14.6. The zero-order valence-electron chi connectivity index (χ0n) is 24.4. The number of ether oxygens (including phenoxy) is 7. The Kier molecular flexibility index (Phi) is 10.7. The molecule has 0 aromatic heterocycles. The molecule has 0 unspecified atom stereocenters. The molecule has 0 spiro atoms. The normalized spacial score (nSPS) is 29.6. The van der Waals surface area contributed by atoms with E-state index >= 15 is 0 Å². The third-order valence-corrected chi connectivity index (χ3v) is 7.67. The van der Waals surface area contributed by atoms with Gasteiger partial charge in [0.2, 0.25) is 0 Å². The molecule has 2 aliphatic rings. The molecule has 2 heterocycles. The lowest BCUT2D eigenvalue weighted by Crippen LogP contribution is -2.55. The van der Waals surface area contributed by atoms with E-state index in [1.807, 2.05) is 80.6 Å². The fraction of sp³-hybridized carbons (Fsp3) is 0.441. The van der Waals surface area contributed by atoms with Crippen LogP contribution in [0, 0.1) is 0 Å². The van der Waals surface area contributed by atoms with Gasteiger partial charge in [0.05, 0.1) is 37.1 Å². The Hall–Kier alpha value is -3.11. The highest BCUT2D eigenvalue weighted by atomic mass is 16.7. The predicted molar refractivity (Wildman–Crippen MR) is 155 cm³/mol. The second kappa shape index (κ2) is 14.9. The Balaban J connectivity index is 1.29. The molecule has 8 nitrogen and oxygen atoms in total. The molecule has 2 aliphatic heterocycles. The summed E-state index contributed by atoms with van der Waals surface area (Å²) in [5.74, 6) is -0.433. The molecule has 0 amide bonds. The number of carbonyl (C=O) groups excluding carboxylic acids is 1. The smallest absolute Gasteiger partial charge is 0.338 e. The highest BCUT2D eigenvalue weighted by Gasteiger charge is 2.45.